The van der Waals surface area contributed by atoms with Crippen molar-refractivity contribution in [3.8, 4) is 0 Å². The van der Waals surface area contributed by atoms with Crippen LogP contribution in [0.2, 0.25) is 0 Å². The van der Waals surface area contributed by atoms with E-state index in [1.54, 1.807) is 11.8 Å². The van der Waals surface area contributed by atoms with E-state index in [-0.39, 0.29) is 5.92 Å². The van der Waals surface area contributed by atoms with Crippen LogP contribution in [0.15, 0.2) is 12.5 Å². The van der Waals surface area contributed by atoms with E-state index in [2.05, 4.69) is 19.9 Å². The number of aromatic amines is 1. The molecule has 3 heterocycles. The van der Waals surface area contributed by atoms with Gasteiger partial charge in [0.05, 0.1) is 11.6 Å². The van der Waals surface area contributed by atoms with E-state index in [9.17, 15) is 4.57 Å². The Balaban J connectivity index is 1.75. The molecule has 9 nitrogen and oxygen atoms in total. The fraction of sp³-hybridized carbons (Fsp3) is 0.538. The molecule has 3 rings (SSSR count). The van der Waals surface area contributed by atoms with Gasteiger partial charge in [0.2, 0.25) is 0 Å². The lowest BCUT2D eigenvalue weighted by atomic mass is 10.1. The van der Waals surface area contributed by atoms with E-state index in [1.807, 2.05) is 12.5 Å². The minimum absolute atomic E-state index is 0.0672. The van der Waals surface area contributed by atoms with E-state index in [0.717, 1.165) is 16.8 Å². The molecule has 11 heteroatoms. The van der Waals surface area contributed by atoms with Crippen LogP contribution in [0, 0.1) is 5.92 Å². The van der Waals surface area contributed by atoms with Crippen molar-refractivity contribution in [2.75, 3.05) is 30.8 Å². The first-order valence-electron chi connectivity index (χ1n) is 7.39. The van der Waals surface area contributed by atoms with Gasteiger partial charge in [-0.2, -0.15) is 11.8 Å². The van der Waals surface area contributed by atoms with Gasteiger partial charge >= 0.3 is 7.82 Å². The largest absolute Gasteiger partial charge is 0.469 e. The number of hydrogen-bond acceptors (Lipinski definition) is 7. The SMILES string of the molecule is CSC[C@H]1CN(Cc2c[nH]c3c(N)ncnc23)C[C@@H]1OP(=O)(O)O. The highest BCUT2D eigenvalue weighted by molar-refractivity contribution is 7.98. The topological polar surface area (TPSA) is 138 Å². The lowest BCUT2D eigenvalue weighted by Crippen LogP contribution is -2.23. The summed E-state index contributed by atoms with van der Waals surface area (Å²) in [7, 11) is -4.50. The monoisotopic (exact) mass is 373 g/mol. The Morgan fingerprint density at radius 1 is 1.50 bits per heavy atom. The Kier molecular flexibility index (Phi) is 5.14. The number of likely N-dealkylation sites (tertiary alicyclic amines) is 1. The number of aromatic nitrogens is 3. The van der Waals surface area contributed by atoms with Gasteiger partial charge in [0.1, 0.15) is 11.8 Å². The van der Waals surface area contributed by atoms with Crippen LogP contribution in [0.4, 0.5) is 5.82 Å². The molecule has 5 N–H and O–H groups in total. The van der Waals surface area contributed by atoms with Gasteiger partial charge in [-0.3, -0.25) is 9.42 Å². The lowest BCUT2D eigenvalue weighted by molar-refractivity contribution is 0.117. The molecule has 2 atom stereocenters. The van der Waals surface area contributed by atoms with E-state index in [4.69, 9.17) is 20.0 Å². The number of thioether (sulfide) groups is 1. The van der Waals surface area contributed by atoms with Gasteiger partial charge in [0.25, 0.3) is 0 Å². The van der Waals surface area contributed by atoms with Gasteiger partial charge in [-0.25, -0.2) is 14.5 Å². The molecular formula is C13H20N5O4PS. The molecule has 0 saturated carbocycles. The molecule has 1 aliphatic heterocycles. The molecule has 0 amide bonds. The van der Waals surface area contributed by atoms with Crippen molar-refractivity contribution < 1.29 is 18.9 Å². The van der Waals surface area contributed by atoms with Crippen LogP contribution in [-0.4, -0.2) is 60.8 Å². The summed E-state index contributed by atoms with van der Waals surface area (Å²) < 4.78 is 16.2. The molecule has 24 heavy (non-hydrogen) atoms. The van der Waals surface area contributed by atoms with Crippen molar-refractivity contribution in [2.24, 2.45) is 5.92 Å². The summed E-state index contributed by atoms with van der Waals surface area (Å²) in [6.45, 7) is 1.77. The highest BCUT2D eigenvalue weighted by Crippen LogP contribution is 2.41. The highest BCUT2D eigenvalue weighted by atomic mass is 32.2. The number of nitrogens with one attached hydrogen (secondary N) is 1. The first-order chi connectivity index (χ1) is 11.4. The minimum Gasteiger partial charge on any atom is -0.382 e. The molecule has 1 fully saturated rings. The zero-order valence-corrected chi connectivity index (χ0v) is 14.8. The van der Waals surface area contributed by atoms with Crippen LogP contribution < -0.4 is 5.73 Å². The number of hydrogen-bond donors (Lipinski definition) is 4. The van der Waals surface area contributed by atoms with Crippen molar-refractivity contribution in [3.63, 3.8) is 0 Å². The molecular weight excluding hydrogens is 353 g/mol. The van der Waals surface area contributed by atoms with Crippen molar-refractivity contribution in [1.82, 2.24) is 19.9 Å². The average Bonchev–Trinajstić information content (AvgIpc) is 3.04. The van der Waals surface area contributed by atoms with Crippen LogP contribution in [0.25, 0.3) is 11.0 Å². The number of nitrogens with zero attached hydrogens (tertiary/aromatic N) is 3. The zero-order valence-electron chi connectivity index (χ0n) is 13.1. The molecule has 0 radical (unpaired) electrons. The Labute approximate surface area is 143 Å². The van der Waals surface area contributed by atoms with Crippen LogP contribution in [0.3, 0.4) is 0 Å². The predicted molar refractivity (Wildman–Crippen MR) is 92.4 cm³/mol. The third kappa shape index (κ3) is 3.90. The van der Waals surface area contributed by atoms with Gasteiger partial charge in [0, 0.05) is 37.3 Å². The Bertz CT molecular complexity index is 766. The second-order valence-corrected chi connectivity index (χ2v) is 7.94. The second-order valence-electron chi connectivity index (χ2n) is 5.84. The second kappa shape index (κ2) is 6.99. The molecule has 0 bridgehead atoms. The van der Waals surface area contributed by atoms with E-state index < -0.39 is 13.9 Å². The third-order valence-electron chi connectivity index (χ3n) is 4.08. The van der Waals surface area contributed by atoms with Crippen LogP contribution in [0.5, 0.6) is 0 Å². The number of rotatable bonds is 6. The predicted octanol–water partition coefficient (Wildman–Crippen LogP) is 0.813. The summed E-state index contributed by atoms with van der Waals surface area (Å²) in [6.07, 6.45) is 4.76. The molecule has 2 aromatic rings. The summed E-state index contributed by atoms with van der Waals surface area (Å²) in [6, 6.07) is 0. The van der Waals surface area contributed by atoms with E-state index >= 15 is 0 Å². The summed E-state index contributed by atoms with van der Waals surface area (Å²) in [5.41, 5.74) is 8.27. The summed E-state index contributed by atoms with van der Waals surface area (Å²) >= 11 is 1.64. The van der Waals surface area contributed by atoms with Crippen LogP contribution >= 0.6 is 19.6 Å². The van der Waals surface area contributed by atoms with Crippen molar-refractivity contribution >= 4 is 36.4 Å². The van der Waals surface area contributed by atoms with E-state index in [1.165, 1.54) is 6.33 Å². The van der Waals surface area contributed by atoms with Crippen molar-refractivity contribution in [3.05, 3.63) is 18.1 Å². The van der Waals surface area contributed by atoms with Crippen LogP contribution in [-0.2, 0) is 15.6 Å². The van der Waals surface area contributed by atoms with E-state index in [0.29, 0.717) is 31.0 Å². The maximum Gasteiger partial charge on any atom is 0.469 e. The molecule has 1 aliphatic rings. The maximum absolute atomic E-state index is 11.2. The minimum atomic E-state index is -4.50. The van der Waals surface area contributed by atoms with Gasteiger partial charge in [-0.05, 0) is 12.0 Å². The molecule has 0 aliphatic carbocycles. The Morgan fingerprint density at radius 3 is 3.00 bits per heavy atom. The maximum atomic E-state index is 11.2. The van der Waals surface area contributed by atoms with Gasteiger partial charge in [0.15, 0.2) is 5.82 Å². The average molecular weight is 373 g/mol. The standard InChI is InChI=1S/C13H20N5O4PS/c1-24-6-9-4-18(5-10(9)22-23(19,20)21)3-8-2-15-12-11(8)16-7-17-13(12)14/h2,7,9-10,15H,3-6H2,1H3,(H2,14,16,17)(H2,19,20,21)/t9-,10+/m1/s1. The molecule has 132 valence electrons. The number of anilines is 1. The smallest absolute Gasteiger partial charge is 0.382 e. The summed E-state index contributed by atoms with van der Waals surface area (Å²) in [5.74, 6) is 1.25. The number of H-pyrrole nitrogens is 1. The summed E-state index contributed by atoms with van der Waals surface area (Å²) in [5, 5.41) is 0. The number of nitrogens with two attached hydrogens (primary N) is 1. The molecule has 0 spiro atoms. The third-order valence-corrected chi connectivity index (χ3v) is 5.38. The van der Waals surface area contributed by atoms with Gasteiger partial charge < -0.3 is 20.5 Å². The van der Waals surface area contributed by atoms with Gasteiger partial charge in [-0.15, -0.1) is 0 Å². The van der Waals surface area contributed by atoms with Crippen LogP contribution in [0.1, 0.15) is 5.56 Å². The number of phosphoric ester groups is 1. The Morgan fingerprint density at radius 2 is 2.29 bits per heavy atom. The zero-order chi connectivity index (χ0) is 17.3. The highest BCUT2D eigenvalue weighted by Gasteiger charge is 2.37. The number of phosphoric acid groups is 1. The quantitative estimate of drug-likeness (QED) is 0.542. The molecule has 0 unspecified atom stereocenters. The van der Waals surface area contributed by atoms with Crippen molar-refractivity contribution in [2.45, 2.75) is 12.6 Å². The first kappa shape index (κ1) is 17.7. The molecule has 1 saturated heterocycles. The first-order valence-corrected chi connectivity index (χ1v) is 10.3. The van der Waals surface area contributed by atoms with Gasteiger partial charge in [-0.1, -0.05) is 0 Å². The van der Waals surface area contributed by atoms with Crippen molar-refractivity contribution in [1.29, 1.82) is 0 Å². The fourth-order valence-electron chi connectivity index (χ4n) is 3.10. The lowest BCUT2D eigenvalue weighted by Gasteiger charge is -2.18. The summed E-state index contributed by atoms with van der Waals surface area (Å²) in [4.78, 5) is 31.6. The normalized spacial score (nSPS) is 22.5. The number of fused-ring (bicyclic) bond motifs is 1. The Hall–Kier alpha value is -1.16. The molecule has 0 aromatic carbocycles. The fourth-order valence-corrected chi connectivity index (χ4v) is 4.44. The molecule has 2 aromatic heterocycles. The number of nitrogen functional groups attached to an aromatic ring is 1.